The Balaban J connectivity index is 1.79. The van der Waals surface area contributed by atoms with E-state index in [1.54, 1.807) is 0 Å². The van der Waals surface area contributed by atoms with E-state index in [4.69, 9.17) is 4.42 Å². The number of para-hydroxylation sites is 1. The highest BCUT2D eigenvalue weighted by molar-refractivity contribution is 6.01. The van der Waals surface area contributed by atoms with E-state index in [1.165, 1.54) is 36.6 Å². The van der Waals surface area contributed by atoms with Gasteiger partial charge in [0.25, 0.3) is 11.7 Å². The number of hydrogen-bond acceptors (Lipinski definition) is 5. The second-order valence-corrected chi connectivity index (χ2v) is 5.58. The molecule has 0 aliphatic heterocycles. The quantitative estimate of drug-likeness (QED) is 0.537. The number of nitrogens with zero attached hydrogens (tertiary/aromatic N) is 4. The molecule has 4 rings (SSSR count). The molecule has 0 radical (unpaired) electrons. The zero-order valence-electron chi connectivity index (χ0n) is 13.7. The normalized spacial score (nSPS) is 11.7. The molecule has 0 fully saturated rings. The van der Waals surface area contributed by atoms with Gasteiger partial charge in [-0.2, -0.15) is 22.7 Å². The summed E-state index contributed by atoms with van der Waals surface area (Å²) in [6, 6.07) is 8.97. The maximum absolute atomic E-state index is 13.7. The van der Waals surface area contributed by atoms with Crippen LogP contribution >= 0.6 is 0 Å². The summed E-state index contributed by atoms with van der Waals surface area (Å²) in [5, 5.41) is 5.79. The van der Waals surface area contributed by atoms with Crippen LogP contribution in [-0.2, 0) is 6.18 Å². The lowest BCUT2D eigenvalue weighted by molar-refractivity contribution is -0.142. The van der Waals surface area contributed by atoms with E-state index < -0.39 is 35.2 Å². The molecule has 142 valence electrons. The summed E-state index contributed by atoms with van der Waals surface area (Å²) in [5.41, 5.74) is -1.48. The number of furan rings is 1. The number of fused-ring (bicyclic) bond motifs is 1. The van der Waals surface area contributed by atoms with E-state index in [-0.39, 0.29) is 17.1 Å². The van der Waals surface area contributed by atoms with E-state index in [0.717, 1.165) is 12.1 Å². The summed E-state index contributed by atoms with van der Waals surface area (Å²) in [5.74, 6) is -2.66. The van der Waals surface area contributed by atoms with Crippen molar-refractivity contribution in [2.75, 3.05) is 5.32 Å². The van der Waals surface area contributed by atoms with Gasteiger partial charge in [0.05, 0.1) is 12.0 Å². The van der Waals surface area contributed by atoms with E-state index in [0.29, 0.717) is 4.52 Å². The van der Waals surface area contributed by atoms with Gasteiger partial charge in [-0.25, -0.2) is 9.37 Å². The van der Waals surface area contributed by atoms with Crippen LogP contribution in [0.3, 0.4) is 0 Å². The molecular formula is C17H9F4N5O2. The second-order valence-electron chi connectivity index (χ2n) is 5.58. The van der Waals surface area contributed by atoms with Crippen molar-refractivity contribution in [2.24, 2.45) is 0 Å². The van der Waals surface area contributed by atoms with Crippen LogP contribution in [0.25, 0.3) is 17.2 Å². The highest BCUT2D eigenvalue weighted by Crippen LogP contribution is 2.32. The number of nitrogens with one attached hydrogen (secondary N) is 1. The lowest BCUT2D eigenvalue weighted by atomic mass is 10.2. The standard InChI is InChI=1S/C17H9F4N5O2/c18-9-4-1-2-5-10(9)22-15(27)14-24-16-23-11(12-6-3-7-28-12)8-13(17(19,20)21)26(16)25-14/h1-8H,(H,22,27). The van der Waals surface area contributed by atoms with Gasteiger partial charge < -0.3 is 9.73 Å². The Morgan fingerprint density at radius 3 is 2.57 bits per heavy atom. The van der Waals surface area contributed by atoms with E-state index in [2.05, 4.69) is 20.4 Å². The smallest absolute Gasteiger partial charge is 0.433 e. The lowest BCUT2D eigenvalue weighted by Crippen LogP contribution is -2.16. The first kappa shape index (κ1) is 17.6. The van der Waals surface area contributed by atoms with Gasteiger partial charge in [0.2, 0.25) is 5.82 Å². The second kappa shape index (κ2) is 6.44. The minimum atomic E-state index is -4.80. The molecule has 0 aliphatic carbocycles. The average Bonchev–Trinajstić information content (AvgIpc) is 3.31. The van der Waals surface area contributed by atoms with Crippen LogP contribution in [0, 0.1) is 5.82 Å². The van der Waals surface area contributed by atoms with Gasteiger partial charge in [0.1, 0.15) is 11.5 Å². The third-order valence-electron chi connectivity index (χ3n) is 3.70. The largest absolute Gasteiger partial charge is 0.463 e. The van der Waals surface area contributed by atoms with Gasteiger partial charge >= 0.3 is 6.18 Å². The van der Waals surface area contributed by atoms with E-state index >= 15 is 0 Å². The SMILES string of the molecule is O=C(Nc1ccccc1F)c1nc2nc(-c3ccco3)cc(C(F)(F)F)n2n1. The molecule has 1 N–H and O–H groups in total. The van der Waals surface area contributed by atoms with E-state index in [1.807, 2.05) is 0 Å². The minimum Gasteiger partial charge on any atom is -0.463 e. The highest BCUT2D eigenvalue weighted by Gasteiger charge is 2.36. The van der Waals surface area contributed by atoms with Crippen LogP contribution in [-0.4, -0.2) is 25.5 Å². The number of hydrogen-bond donors (Lipinski definition) is 1. The van der Waals surface area contributed by atoms with Gasteiger partial charge in [-0.1, -0.05) is 12.1 Å². The summed E-state index contributed by atoms with van der Waals surface area (Å²) in [7, 11) is 0. The van der Waals surface area contributed by atoms with Crippen molar-refractivity contribution in [3.05, 3.63) is 66.1 Å². The number of alkyl halides is 3. The molecule has 1 aromatic carbocycles. The van der Waals surface area contributed by atoms with Crippen LogP contribution in [0.2, 0.25) is 0 Å². The van der Waals surface area contributed by atoms with Crippen LogP contribution < -0.4 is 5.32 Å². The van der Waals surface area contributed by atoms with Gasteiger partial charge in [0, 0.05) is 0 Å². The van der Waals surface area contributed by atoms with E-state index in [9.17, 15) is 22.4 Å². The fraction of sp³-hybridized carbons (Fsp3) is 0.0588. The van der Waals surface area contributed by atoms with Crippen molar-refractivity contribution in [3.63, 3.8) is 0 Å². The number of carbonyl (C=O) groups excluding carboxylic acids is 1. The minimum absolute atomic E-state index is 0.0911. The number of halogens is 4. The molecule has 0 saturated carbocycles. The summed E-state index contributed by atoms with van der Waals surface area (Å²) in [6.07, 6.45) is -3.51. The summed E-state index contributed by atoms with van der Waals surface area (Å²) in [6.45, 7) is 0. The van der Waals surface area contributed by atoms with Crippen LogP contribution in [0.1, 0.15) is 16.3 Å². The summed E-state index contributed by atoms with van der Waals surface area (Å²) in [4.78, 5) is 20.0. The maximum Gasteiger partial charge on any atom is 0.433 e. The molecule has 4 aromatic rings. The van der Waals surface area contributed by atoms with Gasteiger partial charge in [0.15, 0.2) is 11.5 Å². The zero-order chi connectivity index (χ0) is 19.9. The predicted octanol–water partition coefficient (Wildman–Crippen LogP) is 3.79. The molecule has 0 saturated heterocycles. The number of aromatic nitrogens is 4. The van der Waals surface area contributed by atoms with Crippen molar-refractivity contribution < 1.29 is 26.8 Å². The first-order valence-corrected chi connectivity index (χ1v) is 7.78. The average molecular weight is 391 g/mol. The van der Waals surface area contributed by atoms with Crippen molar-refractivity contribution in [1.82, 2.24) is 19.6 Å². The Labute approximate surface area is 153 Å². The number of carbonyl (C=O) groups is 1. The Bertz CT molecular complexity index is 1170. The number of anilines is 1. The molecule has 1 amide bonds. The summed E-state index contributed by atoms with van der Waals surface area (Å²) >= 11 is 0. The fourth-order valence-electron chi connectivity index (χ4n) is 2.46. The molecule has 3 aromatic heterocycles. The van der Waals surface area contributed by atoms with Crippen LogP contribution in [0.15, 0.2) is 53.1 Å². The lowest BCUT2D eigenvalue weighted by Gasteiger charge is -2.09. The molecule has 3 heterocycles. The third kappa shape index (κ3) is 3.17. The van der Waals surface area contributed by atoms with Gasteiger partial charge in [-0.05, 0) is 30.3 Å². The first-order chi connectivity index (χ1) is 13.3. The first-order valence-electron chi connectivity index (χ1n) is 7.78. The van der Waals surface area contributed by atoms with Crippen molar-refractivity contribution >= 4 is 17.4 Å². The molecule has 0 bridgehead atoms. The van der Waals surface area contributed by atoms with Gasteiger partial charge in [-0.3, -0.25) is 4.79 Å². The zero-order valence-corrected chi connectivity index (χ0v) is 13.7. The van der Waals surface area contributed by atoms with Crippen LogP contribution in [0.4, 0.5) is 23.2 Å². The van der Waals surface area contributed by atoms with Crippen molar-refractivity contribution in [3.8, 4) is 11.5 Å². The topological polar surface area (TPSA) is 85.3 Å². The summed E-state index contributed by atoms with van der Waals surface area (Å²) < 4.78 is 59.5. The molecule has 11 heteroatoms. The van der Waals surface area contributed by atoms with Crippen molar-refractivity contribution in [1.29, 1.82) is 0 Å². The third-order valence-corrected chi connectivity index (χ3v) is 3.70. The maximum atomic E-state index is 13.7. The Kier molecular flexibility index (Phi) is 4.06. The van der Waals surface area contributed by atoms with Crippen molar-refractivity contribution in [2.45, 2.75) is 6.18 Å². The fourth-order valence-corrected chi connectivity index (χ4v) is 2.46. The highest BCUT2D eigenvalue weighted by atomic mass is 19.4. The molecule has 0 spiro atoms. The molecule has 0 aliphatic rings. The molecule has 28 heavy (non-hydrogen) atoms. The molecule has 0 unspecified atom stereocenters. The Morgan fingerprint density at radius 1 is 1.11 bits per heavy atom. The number of benzene rings is 1. The predicted molar refractivity (Wildman–Crippen MR) is 87.8 cm³/mol. The monoisotopic (exact) mass is 391 g/mol. The molecule has 0 atom stereocenters. The molecule has 7 nitrogen and oxygen atoms in total. The number of amides is 1. The molecular weight excluding hydrogens is 382 g/mol. The number of rotatable bonds is 3. The Morgan fingerprint density at radius 2 is 1.89 bits per heavy atom. The van der Waals surface area contributed by atoms with Gasteiger partial charge in [-0.15, -0.1) is 5.10 Å². The Hall–Kier alpha value is -3.76. The van der Waals surface area contributed by atoms with Crippen LogP contribution in [0.5, 0.6) is 0 Å².